The van der Waals surface area contributed by atoms with Gasteiger partial charge in [0.1, 0.15) is 12.2 Å². The van der Waals surface area contributed by atoms with Gasteiger partial charge in [0.15, 0.2) is 0 Å². The monoisotopic (exact) mass is 266 g/mol. The predicted molar refractivity (Wildman–Crippen MR) is 71.8 cm³/mol. The molecule has 1 aromatic carbocycles. The first-order valence-corrected chi connectivity index (χ1v) is 6.67. The largest absolute Gasteiger partial charge is 0.394 e. The van der Waals surface area contributed by atoms with Gasteiger partial charge in [0.25, 0.3) is 0 Å². The van der Waals surface area contributed by atoms with Gasteiger partial charge < -0.3 is 19.3 Å². The van der Waals surface area contributed by atoms with Crippen molar-refractivity contribution < 1.29 is 19.3 Å². The van der Waals surface area contributed by atoms with Gasteiger partial charge in [-0.25, -0.2) is 0 Å². The summed E-state index contributed by atoms with van der Waals surface area (Å²) in [7, 11) is 1.68. The molecule has 1 fully saturated rings. The van der Waals surface area contributed by atoms with Crippen molar-refractivity contribution in [3.05, 3.63) is 35.9 Å². The van der Waals surface area contributed by atoms with E-state index in [2.05, 4.69) is 6.92 Å². The van der Waals surface area contributed by atoms with Gasteiger partial charge in [-0.2, -0.15) is 0 Å². The van der Waals surface area contributed by atoms with Crippen molar-refractivity contribution in [2.45, 2.75) is 31.8 Å². The third kappa shape index (κ3) is 3.54. The van der Waals surface area contributed by atoms with Crippen LogP contribution < -0.4 is 0 Å². The maximum atomic E-state index is 9.40. The normalized spacial score (nSPS) is 31.3. The molecule has 0 amide bonds. The summed E-state index contributed by atoms with van der Waals surface area (Å²) < 4.78 is 17.1. The number of aliphatic hydroxyl groups excluding tert-OH is 1. The van der Waals surface area contributed by atoms with Crippen LogP contribution in [0.25, 0.3) is 0 Å². The van der Waals surface area contributed by atoms with E-state index in [4.69, 9.17) is 14.2 Å². The SMILES string of the molecule is CO[C@@H]1[C@H](OCc2ccccc2)[C@H](CO)OC[C@@H]1C. The summed E-state index contributed by atoms with van der Waals surface area (Å²) >= 11 is 0. The lowest BCUT2D eigenvalue weighted by molar-refractivity contribution is -0.202. The molecule has 0 aliphatic carbocycles. The number of hydrogen-bond donors (Lipinski definition) is 1. The summed E-state index contributed by atoms with van der Waals surface area (Å²) in [4.78, 5) is 0. The minimum atomic E-state index is -0.315. The molecule has 4 heteroatoms. The summed E-state index contributed by atoms with van der Waals surface area (Å²) in [6.45, 7) is 3.11. The zero-order valence-electron chi connectivity index (χ0n) is 11.5. The molecule has 0 bridgehead atoms. The Balaban J connectivity index is 2.01. The Kier molecular flexibility index (Phi) is 5.34. The molecule has 1 aliphatic heterocycles. The van der Waals surface area contributed by atoms with Crippen molar-refractivity contribution in [1.29, 1.82) is 0 Å². The molecule has 4 nitrogen and oxygen atoms in total. The molecule has 4 atom stereocenters. The van der Waals surface area contributed by atoms with E-state index in [1.807, 2.05) is 30.3 Å². The van der Waals surface area contributed by atoms with Crippen LogP contribution in [0.5, 0.6) is 0 Å². The van der Waals surface area contributed by atoms with Crippen LogP contribution in [0.15, 0.2) is 30.3 Å². The smallest absolute Gasteiger partial charge is 0.113 e. The third-order valence-corrected chi connectivity index (χ3v) is 3.56. The van der Waals surface area contributed by atoms with Crippen LogP contribution in [0, 0.1) is 5.92 Å². The molecule has 19 heavy (non-hydrogen) atoms. The Bertz CT molecular complexity index is 368. The van der Waals surface area contributed by atoms with Gasteiger partial charge in [0.2, 0.25) is 0 Å². The summed E-state index contributed by atoms with van der Waals surface area (Å²) in [6, 6.07) is 9.97. The summed E-state index contributed by atoms with van der Waals surface area (Å²) in [5.74, 6) is 0.258. The van der Waals surface area contributed by atoms with Gasteiger partial charge >= 0.3 is 0 Å². The minimum absolute atomic E-state index is 0.0467. The average molecular weight is 266 g/mol. The van der Waals surface area contributed by atoms with Crippen LogP contribution in [-0.2, 0) is 20.8 Å². The van der Waals surface area contributed by atoms with E-state index in [-0.39, 0.29) is 30.8 Å². The minimum Gasteiger partial charge on any atom is -0.394 e. The fourth-order valence-electron chi connectivity index (χ4n) is 2.49. The first-order chi connectivity index (χ1) is 9.26. The van der Waals surface area contributed by atoms with Crippen LogP contribution in [0.1, 0.15) is 12.5 Å². The molecule has 1 N–H and O–H groups in total. The van der Waals surface area contributed by atoms with E-state index in [1.54, 1.807) is 7.11 Å². The average Bonchev–Trinajstić information content (AvgIpc) is 2.46. The Morgan fingerprint density at radius 2 is 2.00 bits per heavy atom. The number of benzene rings is 1. The standard InChI is InChI=1S/C15H22O4/c1-11-9-18-13(8-16)15(14(11)17-2)19-10-12-6-4-3-5-7-12/h3-7,11,13-16H,8-10H2,1-2H3/t11-,13-,14-,15+/m0/s1. The molecule has 1 aliphatic rings. The van der Waals surface area contributed by atoms with Crippen LogP contribution in [0.2, 0.25) is 0 Å². The Morgan fingerprint density at radius 3 is 2.63 bits per heavy atom. The maximum Gasteiger partial charge on any atom is 0.113 e. The zero-order chi connectivity index (χ0) is 13.7. The first kappa shape index (κ1) is 14.5. The summed E-state index contributed by atoms with van der Waals surface area (Å²) in [6.07, 6.45) is -0.599. The Hall–Kier alpha value is -0.940. The van der Waals surface area contributed by atoms with E-state index in [0.717, 1.165) is 5.56 Å². The number of aliphatic hydroxyl groups is 1. The molecule has 1 heterocycles. The maximum absolute atomic E-state index is 9.40. The van der Waals surface area contributed by atoms with E-state index in [0.29, 0.717) is 13.2 Å². The fraction of sp³-hybridized carbons (Fsp3) is 0.600. The van der Waals surface area contributed by atoms with Crippen molar-refractivity contribution in [3.8, 4) is 0 Å². The van der Waals surface area contributed by atoms with Gasteiger partial charge in [0, 0.05) is 13.0 Å². The molecule has 2 rings (SSSR count). The van der Waals surface area contributed by atoms with Crippen LogP contribution in [-0.4, -0.2) is 43.7 Å². The van der Waals surface area contributed by atoms with Crippen molar-refractivity contribution in [2.75, 3.05) is 20.3 Å². The van der Waals surface area contributed by atoms with E-state index in [9.17, 15) is 5.11 Å². The first-order valence-electron chi connectivity index (χ1n) is 6.67. The summed E-state index contributed by atoms with van der Waals surface area (Å²) in [5, 5.41) is 9.40. The molecule has 0 radical (unpaired) electrons. The molecular formula is C15H22O4. The topological polar surface area (TPSA) is 47.9 Å². The van der Waals surface area contributed by atoms with Crippen LogP contribution in [0.3, 0.4) is 0 Å². The number of rotatable bonds is 5. The Morgan fingerprint density at radius 1 is 1.26 bits per heavy atom. The van der Waals surface area contributed by atoms with Gasteiger partial charge in [-0.1, -0.05) is 37.3 Å². The lowest BCUT2D eigenvalue weighted by Crippen LogP contribution is -2.52. The van der Waals surface area contributed by atoms with Gasteiger partial charge in [-0.05, 0) is 5.56 Å². The lowest BCUT2D eigenvalue weighted by atomic mass is 9.93. The van der Waals surface area contributed by atoms with Gasteiger partial charge in [-0.15, -0.1) is 0 Å². The highest BCUT2D eigenvalue weighted by molar-refractivity contribution is 5.13. The van der Waals surface area contributed by atoms with Crippen molar-refractivity contribution in [2.24, 2.45) is 5.92 Å². The second-order valence-corrected chi connectivity index (χ2v) is 4.99. The Labute approximate surface area is 114 Å². The second-order valence-electron chi connectivity index (χ2n) is 4.99. The van der Waals surface area contributed by atoms with Gasteiger partial charge in [-0.3, -0.25) is 0 Å². The van der Waals surface area contributed by atoms with Crippen molar-refractivity contribution >= 4 is 0 Å². The fourth-order valence-corrected chi connectivity index (χ4v) is 2.49. The van der Waals surface area contributed by atoms with Crippen molar-refractivity contribution in [3.63, 3.8) is 0 Å². The number of ether oxygens (including phenoxy) is 3. The van der Waals surface area contributed by atoms with Crippen LogP contribution >= 0.6 is 0 Å². The highest BCUT2D eigenvalue weighted by Gasteiger charge is 2.39. The third-order valence-electron chi connectivity index (χ3n) is 3.56. The quantitative estimate of drug-likeness (QED) is 0.879. The van der Waals surface area contributed by atoms with Crippen molar-refractivity contribution in [1.82, 2.24) is 0 Å². The van der Waals surface area contributed by atoms with Crippen LogP contribution in [0.4, 0.5) is 0 Å². The molecule has 106 valence electrons. The molecule has 0 spiro atoms. The number of hydrogen-bond acceptors (Lipinski definition) is 4. The lowest BCUT2D eigenvalue weighted by Gasteiger charge is -2.40. The van der Waals surface area contributed by atoms with Gasteiger partial charge in [0.05, 0.1) is 25.9 Å². The highest BCUT2D eigenvalue weighted by atomic mass is 16.6. The highest BCUT2D eigenvalue weighted by Crippen LogP contribution is 2.25. The van der Waals surface area contributed by atoms with E-state index in [1.165, 1.54) is 0 Å². The molecule has 0 unspecified atom stereocenters. The predicted octanol–water partition coefficient (Wildman–Crippen LogP) is 1.61. The second kappa shape index (κ2) is 7.01. The van der Waals surface area contributed by atoms with E-state index >= 15 is 0 Å². The molecule has 1 aromatic rings. The molecule has 0 saturated carbocycles. The summed E-state index contributed by atoms with van der Waals surface area (Å²) in [5.41, 5.74) is 1.10. The number of methoxy groups -OCH3 is 1. The molecular weight excluding hydrogens is 244 g/mol. The molecule has 1 saturated heterocycles. The zero-order valence-corrected chi connectivity index (χ0v) is 11.5. The van der Waals surface area contributed by atoms with E-state index < -0.39 is 0 Å². The molecule has 0 aromatic heterocycles.